The molecule has 1 aliphatic rings. The lowest BCUT2D eigenvalue weighted by molar-refractivity contribution is -0.0717. The van der Waals surface area contributed by atoms with Crippen LogP contribution in [-0.2, 0) is 0 Å². The molecule has 14 heavy (non-hydrogen) atoms. The van der Waals surface area contributed by atoms with E-state index in [1.54, 1.807) is 0 Å². The maximum Gasteiger partial charge on any atom is 0.0675 e. The smallest absolute Gasteiger partial charge is 0.0675 e. The van der Waals surface area contributed by atoms with E-state index in [-0.39, 0.29) is 5.60 Å². The molecule has 0 spiro atoms. The van der Waals surface area contributed by atoms with Gasteiger partial charge in [0.15, 0.2) is 0 Å². The molecule has 1 aliphatic carbocycles. The van der Waals surface area contributed by atoms with Gasteiger partial charge in [-0.1, -0.05) is 40.5 Å². The molecule has 0 heterocycles. The largest absolute Gasteiger partial charge is 0.390 e. The molecule has 3 atom stereocenters. The topological polar surface area (TPSA) is 20.2 Å². The standard InChI is InChI=1S/C13H26O/c1-10(2)7-9-13(14)8-5-6-11(3)12(13)4/h10-12,14H,5-9H2,1-4H3. The van der Waals surface area contributed by atoms with E-state index in [0.29, 0.717) is 17.8 Å². The lowest BCUT2D eigenvalue weighted by atomic mass is 9.68. The lowest BCUT2D eigenvalue weighted by Gasteiger charge is -2.42. The maximum atomic E-state index is 10.6. The molecule has 0 aromatic carbocycles. The molecular formula is C13H26O. The van der Waals surface area contributed by atoms with Crippen LogP contribution >= 0.6 is 0 Å². The summed E-state index contributed by atoms with van der Waals surface area (Å²) in [7, 11) is 0. The van der Waals surface area contributed by atoms with E-state index in [2.05, 4.69) is 27.7 Å². The van der Waals surface area contributed by atoms with Crippen molar-refractivity contribution in [1.29, 1.82) is 0 Å². The van der Waals surface area contributed by atoms with E-state index in [1.807, 2.05) is 0 Å². The summed E-state index contributed by atoms with van der Waals surface area (Å²) in [5, 5.41) is 10.6. The molecule has 84 valence electrons. The van der Waals surface area contributed by atoms with Crippen molar-refractivity contribution >= 4 is 0 Å². The van der Waals surface area contributed by atoms with Crippen LogP contribution in [0.5, 0.6) is 0 Å². The van der Waals surface area contributed by atoms with Gasteiger partial charge in [-0.05, 0) is 37.0 Å². The third-order valence-corrected chi connectivity index (χ3v) is 4.12. The molecule has 0 aliphatic heterocycles. The van der Waals surface area contributed by atoms with E-state index >= 15 is 0 Å². The molecule has 1 heteroatoms. The second-order valence-electron chi connectivity index (χ2n) is 5.69. The minimum absolute atomic E-state index is 0.359. The molecule has 0 saturated heterocycles. The second-order valence-corrected chi connectivity index (χ2v) is 5.69. The van der Waals surface area contributed by atoms with Crippen molar-refractivity contribution < 1.29 is 5.11 Å². The van der Waals surface area contributed by atoms with Crippen LogP contribution in [0.4, 0.5) is 0 Å². The molecule has 0 radical (unpaired) electrons. The summed E-state index contributed by atoms with van der Waals surface area (Å²) in [5.41, 5.74) is -0.359. The Morgan fingerprint density at radius 3 is 2.57 bits per heavy atom. The first-order chi connectivity index (χ1) is 6.46. The normalized spacial score (nSPS) is 39.0. The van der Waals surface area contributed by atoms with Gasteiger partial charge in [-0.2, -0.15) is 0 Å². The third-order valence-electron chi connectivity index (χ3n) is 4.12. The molecular weight excluding hydrogens is 172 g/mol. The molecule has 1 saturated carbocycles. The summed E-state index contributed by atoms with van der Waals surface area (Å²) in [4.78, 5) is 0. The van der Waals surface area contributed by atoms with Crippen molar-refractivity contribution in [2.24, 2.45) is 17.8 Å². The molecule has 1 N–H and O–H groups in total. The molecule has 0 bridgehead atoms. The Kier molecular flexibility index (Phi) is 4.00. The maximum absolute atomic E-state index is 10.6. The Hall–Kier alpha value is -0.0400. The van der Waals surface area contributed by atoms with Crippen LogP contribution in [0.3, 0.4) is 0 Å². The van der Waals surface area contributed by atoms with Crippen molar-refractivity contribution in [1.82, 2.24) is 0 Å². The summed E-state index contributed by atoms with van der Waals surface area (Å²) >= 11 is 0. The Morgan fingerprint density at radius 2 is 2.00 bits per heavy atom. The van der Waals surface area contributed by atoms with Crippen LogP contribution in [0.2, 0.25) is 0 Å². The van der Waals surface area contributed by atoms with Crippen LogP contribution in [0.15, 0.2) is 0 Å². The SMILES string of the molecule is CC(C)CCC1(O)CCCC(C)C1C. The van der Waals surface area contributed by atoms with Crippen molar-refractivity contribution in [2.45, 2.75) is 65.4 Å². The first-order valence-electron chi connectivity index (χ1n) is 6.18. The van der Waals surface area contributed by atoms with Gasteiger partial charge < -0.3 is 5.11 Å². The highest BCUT2D eigenvalue weighted by atomic mass is 16.3. The van der Waals surface area contributed by atoms with E-state index < -0.39 is 0 Å². The number of aliphatic hydroxyl groups is 1. The lowest BCUT2D eigenvalue weighted by Crippen LogP contribution is -2.43. The van der Waals surface area contributed by atoms with Crippen LogP contribution < -0.4 is 0 Å². The van der Waals surface area contributed by atoms with Gasteiger partial charge in [-0.15, -0.1) is 0 Å². The third kappa shape index (κ3) is 2.73. The summed E-state index contributed by atoms with van der Waals surface area (Å²) in [6.07, 6.45) is 5.68. The zero-order chi connectivity index (χ0) is 10.8. The first kappa shape index (κ1) is 12.0. The minimum Gasteiger partial charge on any atom is -0.390 e. The van der Waals surface area contributed by atoms with E-state index in [1.165, 1.54) is 12.8 Å². The first-order valence-corrected chi connectivity index (χ1v) is 6.18. The van der Waals surface area contributed by atoms with E-state index in [4.69, 9.17) is 0 Å². The van der Waals surface area contributed by atoms with E-state index in [9.17, 15) is 5.11 Å². The summed E-state index contributed by atoms with van der Waals surface area (Å²) < 4.78 is 0. The molecule has 0 aromatic rings. The summed E-state index contributed by atoms with van der Waals surface area (Å²) in [6.45, 7) is 8.98. The minimum atomic E-state index is -0.359. The Labute approximate surface area is 88.9 Å². The summed E-state index contributed by atoms with van der Waals surface area (Å²) in [5.74, 6) is 1.89. The number of rotatable bonds is 3. The van der Waals surface area contributed by atoms with Gasteiger partial charge >= 0.3 is 0 Å². The van der Waals surface area contributed by atoms with Gasteiger partial charge in [0.25, 0.3) is 0 Å². The average Bonchev–Trinajstić information content (AvgIpc) is 2.11. The van der Waals surface area contributed by atoms with Gasteiger partial charge in [0, 0.05) is 0 Å². The van der Waals surface area contributed by atoms with Gasteiger partial charge in [0.05, 0.1) is 5.60 Å². The van der Waals surface area contributed by atoms with Crippen molar-refractivity contribution in [3.8, 4) is 0 Å². The predicted molar refractivity (Wildman–Crippen MR) is 61.2 cm³/mol. The predicted octanol–water partition coefficient (Wildman–Crippen LogP) is 3.61. The molecule has 1 fully saturated rings. The van der Waals surface area contributed by atoms with Crippen molar-refractivity contribution in [3.05, 3.63) is 0 Å². The van der Waals surface area contributed by atoms with Crippen LogP contribution in [0, 0.1) is 17.8 Å². The van der Waals surface area contributed by atoms with Gasteiger partial charge in [0.2, 0.25) is 0 Å². The summed E-state index contributed by atoms with van der Waals surface area (Å²) in [6, 6.07) is 0. The zero-order valence-electron chi connectivity index (χ0n) is 10.2. The molecule has 1 nitrogen and oxygen atoms in total. The van der Waals surface area contributed by atoms with Crippen molar-refractivity contribution in [2.75, 3.05) is 0 Å². The monoisotopic (exact) mass is 198 g/mol. The molecule has 0 aromatic heterocycles. The van der Waals surface area contributed by atoms with E-state index in [0.717, 1.165) is 19.3 Å². The van der Waals surface area contributed by atoms with Gasteiger partial charge in [-0.25, -0.2) is 0 Å². The van der Waals surface area contributed by atoms with Crippen molar-refractivity contribution in [3.63, 3.8) is 0 Å². The molecule has 0 amide bonds. The molecule has 3 unspecified atom stereocenters. The second kappa shape index (κ2) is 4.65. The van der Waals surface area contributed by atoms with Crippen LogP contribution in [0.25, 0.3) is 0 Å². The zero-order valence-corrected chi connectivity index (χ0v) is 10.2. The fraction of sp³-hybridized carbons (Fsp3) is 1.00. The van der Waals surface area contributed by atoms with Crippen LogP contribution in [0.1, 0.15) is 59.8 Å². The fourth-order valence-electron chi connectivity index (χ4n) is 2.63. The highest BCUT2D eigenvalue weighted by Crippen LogP contribution is 2.40. The molecule has 1 rings (SSSR count). The number of hydrogen-bond donors (Lipinski definition) is 1. The Bertz CT molecular complexity index is 176. The number of hydrogen-bond acceptors (Lipinski definition) is 1. The fourth-order valence-corrected chi connectivity index (χ4v) is 2.63. The highest BCUT2D eigenvalue weighted by Gasteiger charge is 2.39. The Balaban J connectivity index is 2.52. The highest BCUT2D eigenvalue weighted by molar-refractivity contribution is 4.90. The van der Waals surface area contributed by atoms with Gasteiger partial charge in [-0.3, -0.25) is 0 Å². The Morgan fingerprint density at radius 1 is 1.36 bits per heavy atom. The van der Waals surface area contributed by atoms with Crippen LogP contribution in [-0.4, -0.2) is 10.7 Å². The van der Waals surface area contributed by atoms with Gasteiger partial charge in [0.1, 0.15) is 0 Å². The average molecular weight is 198 g/mol. The quantitative estimate of drug-likeness (QED) is 0.734.